The molecule has 22 heavy (non-hydrogen) atoms. The fourth-order valence-electron chi connectivity index (χ4n) is 4.05. The number of hydrogen-bond acceptors (Lipinski definition) is 4. The van der Waals surface area contributed by atoms with Gasteiger partial charge >= 0.3 is 0 Å². The van der Waals surface area contributed by atoms with Crippen LogP contribution in [0.2, 0.25) is 0 Å². The van der Waals surface area contributed by atoms with Crippen molar-refractivity contribution >= 4 is 5.91 Å². The Balaban J connectivity index is 1.27. The van der Waals surface area contributed by atoms with Crippen molar-refractivity contribution in [3.8, 4) is 0 Å². The number of carbonyl (C=O) groups is 1. The van der Waals surface area contributed by atoms with E-state index in [4.69, 9.17) is 0 Å². The van der Waals surface area contributed by atoms with Crippen molar-refractivity contribution in [2.24, 2.45) is 5.92 Å². The molecule has 0 unspecified atom stereocenters. The fourth-order valence-corrected chi connectivity index (χ4v) is 4.05. The maximum atomic E-state index is 12.2. The topological polar surface area (TPSA) is 55.8 Å². The second-order valence-electron chi connectivity index (χ2n) is 7.31. The van der Waals surface area contributed by atoms with E-state index in [1.807, 2.05) is 0 Å². The van der Waals surface area contributed by atoms with Crippen molar-refractivity contribution in [1.82, 2.24) is 15.1 Å². The van der Waals surface area contributed by atoms with Crippen LogP contribution in [0.5, 0.6) is 0 Å². The SMILES string of the molecule is O=C(NCCN1CCC(O)CC1)C1CN(C2CCCCC2)C1. The molecule has 0 aromatic rings. The molecule has 3 aliphatic rings. The summed E-state index contributed by atoms with van der Waals surface area (Å²) in [6.07, 6.45) is 8.39. The van der Waals surface area contributed by atoms with Gasteiger partial charge in [0.2, 0.25) is 5.91 Å². The highest BCUT2D eigenvalue weighted by Crippen LogP contribution is 2.28. The molecule has 5 nitrogen and oxygen atoms in total. The van der Waals surface area contributed by atoms with E-state index in [2.05, 4.69) is 15.1 Å². The lowest BCUT2D eigenvalue weighted by Gasteiger charge is -2.45. The Bertz CT molecular complexity index is 357. The van der Waals surface area contributed by atoms with E-state index < -0.39 is 0 Å². The lowest BCUT2D eigenvalue weighted by Crippen LogP contribution is -2.57. The van der Waals surface area contributed by atoms with E-state index >= 15 is 0 Å². The summed E-state index contributed by atoms with van der Waals surface area (Å²) in [5.41, 5.74) is 0. The Labute approximate surface area is 134 Å². The summed E-state index contributed by atoms with van der Waals surface area (Å²) in [6.45, 7) is 5.50. The highest BCUT2D eigenvalue weighted by molar-refractivity contribution is 5.80. The molecule has 0 aromatic carbocycles. The van der Waals surface area contributed by atoms with E-state index in [9.17, 15) is 9.90 Å². The van der Waals surface area contributed by atoms with Crippen molar-refractivity contribution in [3.63, 3.8) is 0 Å². The summed E-state index contributed by atoms with van der Waals surface area (Å²) in [5, 5.41) is 12.6. The number of carbonyl (C=O) groups excluding carboxylic acids is 1. The number of aliphatic hydroxyl groups is 1. The molecule has 0 atom stereocenters. The predicted octanol–water partition coefficient (Wildman–Crippen LogP) is 0.824. The lowest BCUT2D eigenvalue weighted by atomic mass is 9.89. The largest absolute Gasteiger partial charge is 0.393 e. The predicted molar refractivity (Wildman–Crippen MR) is 86.6 cm³/mol. The number of piperidine rings is 1. The molecular formula is C17H31N3O2. The van der Waals surface area contributed by atoms with E-state index in [1.54, 1.807) is 0 Å². The number of rotatable bonds is 5. The third-order valence-corrected chi connectivity index (χ3v) is 5.66. The van der Waals surface area contributed by atoms with Crippen LogP contribution in [0.4, 0.5) is 0 Å². The summed E-state index contributed by atoms with van der Waals surface area (Å²) in [4.78, 5) is 17.0. The molecule has 1 saturated carbocycles. The molecule has 3 rings (SSSR count). The van der Waals surface area contributed by atoms with Crippen LogP contribution in [0.3, 0.4) is 0 Å². The minimum atomic E-state index is -0.119. The zero-order valence-corrected chi connectivity index (χ0v) is 13.7. The first-order valence-electron chi connectivity index (χ1n) is 9.14. The van der Waals surface area contributed by atoms with Gasteiger partial charge in [0.1, 0.15) is 0 Å². The minimum absolute atomic E-state index is 0.119. The van der Waals surface area contributed by atoms with Crippen molar-refractivity contribution in [2.75, 3.05) is 39.3 Å². The third-order valence-electron chi connectivity index (χ3n) is 5.66. The Hall–Kier alpha value is -0.650. The Morgan fingerprint density at radius 3 is 2.41 bits per heavy atom. The van der Waals surface area contributed by atoms with Crippen molar-refractivity contribution in [1.29, 1.82) is 0 Å². The number of aliphatic hydroxyl groups excluding tert-OH is 1. The number of amides is 1. The van der Waals surface area contributed by atoms with Crippen molar-refractivity contribution in [2.45, 2.75) is 57.1 Å². The van der Waals surface area contributed by atoms with Crippen LogP contribution in [-0.4, -0.2) is 72.2 Å². The van der Waals surface area contributed by atoms with Crippen LogP contribution in [0, 0.1) is 5.92 Å². The van der Waals surface area contributed by atoms with Crippen LogP contribution < -0.4 is 5.32 Å². The Kier molecular flexibility index (Phi) is 5.71. The maximum Gasteiger partial charge on any atom is 0.225 e. The molecule has 0 bridgehead atoms. The second-order valence-corrected chi connectivity index (χ2v) is 7.31. The van der Waals surface area contributed by atoms with E-state index in [0.29, 0.717) is 0 Å². The molecule has 0 aromatic heterocycles. The minimum Gasteiger partial charge on any atom is -0.393 e. The average Bonchev–Trinajstić information content (AvgIpc) is 2.49. The quantitative estimate of drug-likeness (QED) is 0.790. The van der Waals surface area contributed by atoms with Gasteiger partial charge in [0.05, 0.1) is 12.0 Å². The van der Waals surface area contributed by atoms with Gasteiger partial charge in [-0.25, -0.2) is 0 Å². The molecule has 2 aliphatic heterocycles. The first-order chi connectivity index (χ1) is 10.7. The highest BCUT2D eigenvalue weighted by Gasteiger charge is 2.36. The van der Waals surface area contributed by atoms with Crippen LogP contribution in [0.1, 0.15) is 44.9 Å². The van der Waals surface area contributed by atoms with E-state index in [1.165, 1.54) is 32.1 Å². The van der Waals surface area contributed by atoms with Gasteiger partial charge in [0.25, 0.3) is 0 Å². The number of nitrogens with zero attached hydrogens (tertiary/aromatic N) is 2. The Morgan fingerprint density at radius 2 is 1.73 bits per heavy atom. The van der Waals surface area contributed by atoms with Gasteiger partial charge in [-0.3, -0.25) is 9.69 Å². The first kappa shape index (κ1) is 16.2. The van der Waals surface area contributed by atoms with Gasteiger partial charge in [-0.1, -0.05) is 19.3 Å². The third kappa shape index (κ3) is 4.21. The highest BCUT2D eigenvalue weighted by atomic mass is 16.3. The standard InChI is InChI=1S/C17H31N3O2/c21-16-6-9-19(10-7-16)11-8-18-17(22)14-12-20(13-14)15-4-2-1-3-5-15/h14-16,21H,1-13H2,(H,18,22). The first-order valence-corrected chi connectivity index (χ1v) is 9.14. The monoisotopic (exact) mass is 309 g/mol. The smallest absolute Gasteiger partial charge is 0.225 e. The summed E-state index contributed by atoms with van der Waals surface area (Å²) < 4.78 is 0. The Morgan fingerprint density at radius 1 is 1.05 bits per heavy atom. The number of likely N-dealkylation sites (tertiary alicyclic amines) is 2. The molecule has 1 amide bonds. The molecule has 2 heterocycles. The number of hydrogen-bond donors (Lipinski definition) is 2. The van der Waals surface area contributed by atoms with Crippen LogP contribution in [0.15, 0.2) is 0 Å². The number of nitrogens with one attached hydrogen (secondary N) is 1. The van der Waals surface area contributed by atoms with Crippen LogP contribution >= 0.6 is 0 Å². The molecule has 0 radical (unpaired) electrons. The van der Waals surface area contributed by atoms with Crippen LogP contribution in [-0.2, 0) is 4.79 Å². The molecule has 3 fully saturated rings. The van der Waals surface area contributed by atoms with Crippen molar-refractivity contribution < 1.29 is 9.90 Å². The van der Waals surface area contributed by atoms with Gasteiger partial charge in [-0.05, 0) is 25.7 Å². The zero-order chi connectivity index (χ0) is 15.4. The molecule has 5 heteroatoms. The van der Waals surface area contributed by atoms with Gasteiger partial charge in [-0.15, -0.1) is 0 Å². The van der Waals surface area contributed by atoms with Gasteiger partial charge in [-0.2, -0.15) is 0 Å². The summed E-state index contributed by atoms with van der Waals surface area (Å²) in [7, 11) is 0. The van der Waals surface area contributed by atoms with Gasteiger partial charge in [0, 0.05) is 45.3 Å². The molecule has 2 N–H and O–H groups in total. The van der Waals surface area contributed by atoms with Gasteiger partial charge in [0.15, 0.2) is 0 Å². The molecule has 126 valence electrons. The zero-order valence-electron chi connectivity index (χ0n) is 13.7. The van der Waals surface area contributed by atoms with E-state index in [-0.39, 0.29) is 17.9 Å². The maximum absolute atomic E-state index is 12.2. The van der Waals surface area contributed by atoms with Crippen LogP contribution in [0.25, 0.3) is 0 Å². The summed E-state index contributed by atoms with van der Waals surface area (Å²) in [6, 6.07) is 0.748. The van der Waals surface area contributed by atoms with E-state index in [0.717, 1.165) is 58.2 Å². The van der Waals surface area contributed by atoms with Crippen molar-refractivity contribution in [3.05, 3.63) is 0 Å². The average molecular weight is 309 g/mol. The molecular weight excluding hydrogens is 278 g/mol. The normalized spacial score (nSPS) is 26.8. The summed E-state index contributed by atoms with van der Waals surface area (Å²) >= 11 is 0. The fraction of sp³-hybridized carbons (Fsp3) is 0.941. The van der Waals surface area contributed by atoms with Gasteiger partial charge < -0.3 is 15.3 Å². The lowest BCUT2D eigenvalue weighted by molar-refractivity contribution is -0.131. The summed E-state index contributed by atoms with van der Waals surface area (Å²) in [5.74, 6) is 0.453. The molecule has 1 aliphatic carbocycles. The molecule has 2 saturated heterocycles. The molecule has 0 spiro atoms. The second kappa shape index (κ2) is 7.75.